The maximum atomic E-state index is 11.7. The normalized spacial score (nSPS) is 10.0. The van der Waals surface area contributed by atoms with Crippen LogP contribution in [0, 0.1) is 0 Å². The molecule has 1 N–H and O–H groups in total. The largest absolute Gasteiger partial charge is 0.497 e. The maximum Gasteiger partial charge on any atom is 0.163 e. The van der Waals surface area contributed by atoms with Crippen molar-refractivity contribution in [1.29, 1.82) is 0 Å². The van der Waals surface area contributed by atoms with E-state index < -0.39 is 0 Å². The van der Waals surface area contributed by atoms with Gasteiger partial charge in [0.25, 0.3) is 0 Å². The number of hydrogen-bond donors (Lipinski definition) is 1. The molecule has 1 rings (SSSR count). The van der Waals surface area contributed by atoms with Crippen molar-refractivity contribution >= 4 is 5.78 Å². The van der Waals surface area contributed by atoms with Crippen LogP contribution in [0.2, 0.25) is 0 Å². The molecule has 3 nitrogen and oxygen atoms in total. The molecular weight excluding hydrogens is 190 g/mol. The summed E-state index contributed by atoms with van der Waals surface area (Å²) in [7, 11) is 3.49. The predicted octanol–water partition coefficient (Wildman–Crippen LogP) is 1.88. The third-order valence-electron chi connectivity index (χ3n) is 2.22. The van der Waals surface area contributed by atoms with Gasteiger partial charge in [-0.3, -0.25) is 4.79 Å². The number of nitrogens with one attached hydrogen (secondary N) is 1. The fraction of sp³-hybridized carbons (Fsp3) is 0.417. The fourth-order valence-electron chi connectivity index (χ4n) is 1.37. The molecule has 0 bridgehead atoms. The first-order chi connectivity index (χ1) is 7.27. The summed E-state index contributed by atoms with van der Waals surface area (Å²) in [5.74, 6) is 0.901. The van der Waals surface area contributed by atoms with Crippen LogP contribution in [-0.4, -0.2) is 26.5 Å². The number of benzene rings is 1. The lowest BCUT2D eigenvalue weighted by atomic mass is 10.1. The highest BCUT2D eigenvalue weighted by Crippen LogP contribution is 2.14. The Morgan fingerprint density at radius 2 is 2.27 bits per heavy atom. The van der Waals surface area contributed by atoms with Crippen LogP contribution in [0.25, 0.3) is 0 Å². The van der Waals surface area contributed by atoms with Gasteiger partial charge in [0.05, 0.1) is 7.11 Å². The van der Waals surface area contributed by atoms with Gasteiger partial charge in [-0.05, 0) is 32.1 Å². The minimum atomic E-state index is 0.171. The topological polar surface area (TPSA) is 38.3 Å². The molecule has 0 spiro atoms. The summed E-state index contributed by atoms with van der Waals surface area (Å²) in [6, 6.07) is 7.28. The second-order valence-electron chi connectivity index (χ2n) is 3.36. The maximum absolute atomic E-state index is 11.7. The smallest absolute Gasteiger partial charge is 0.163 e. The Balaban J connectivity index is 2.57. The van der Waals surface area contributed by atoms with Crippen LogP contribution in [0.4, 0.5) is 0 Å². The van der Waals surface area contributed by atoms with Crippen LogP contribution in [0.3, 0.4) is 0 Å². The van der Waals surface area contributed by atoms with E-state index in [-0.39, 0.29) is 5.78 Å². The summed E-state index contributed by atoms with van der Waals surface area (Å²) in [5, 5.41) is 3.02. The van der Waals surface area contributed by atoms with E-state index in [1.807, 2.05) is 25.2 Å². The molecule has 0 fully saturated rings. The van der Waals surface area contributed by atoms with Gasteiger partial charge in [0, 0.05) is 12.0 Å². The standard InChI is InChI=1S/C12H17NO2/c1-13-8-4-7-12(14)10-5-3-6-11(9-10)15-2/h3,5-6,9,13H,4,7-8H2,1-2H3. The number of methoxy groups -OCH3 is 1. The number of carbonyl (C=O) groups is 1. The van der Waals surface area contributed by atoms with Crippen LogP contribution in [0.5, 0.6) is 5.75 Å². The van der Waals surface area contributed by atoms with Crippen molar-refractivity contribution in [1.82, 2.24) is 5.32 Å². The summed E-state index contributed by atoms with van der Waals surface area (Å²) < 4.78 is 5.07. The third kappa shape index (κ3) is 3.72. The zero-order chi connectivity index (χ0) is 11.1. The van der Waals surface area contributed by atoms with Gasteiger partial charge in [-0.25, -0.2) is 0 Å². The Hall–Kier alpha value is -1.35. The highest BCUT2D eigenvalue weighted by molar-refractivity contribution is 5.96. The van der Waals surface area contributed by atoms with Crippen molar-refractivity contribution in [2.24, 2.45) is 0 Å². The van der Waals surface area contributed by atoms with E-state index in [0.717, 1.165) is 24.3 Å². The first-order valence-corrected chi connectivity index (χ1v) is 5.09. The molecule has 0 radical (unpaired) electrons. The Labute approximate surface area is 90.4 Å². The lowest BCUT2D eigenvalue weighted by Crippen LogP contribution is -2.10. The van der Waals surface area contributed by atoms with Gasteiger partial charge in [-0.15, -0.1) is 0 Å². The van der Waals surface area contributed by atoms with Crippen molar-refractivity contribution < 1.29 is 9.53 Å². The quantitative estimate of drug-likeness (QED) is 0.571. The molecule has 0 atom stereocenters. The summed E-state index contributed by atoms with van der Waals surface area (Å²) in [5.41, 5.74) is 0.727. The summed E-state index contributed by atoms with van der Waals surface area (Å²) in [6.07, 6.45) is 1.44. The second-order valence-corrected chi connectivity index (χ2v) is 3.36. The Morgan fingerprint density at radius 3 is 2.93 bits per heavy atom. The van der Waals surface area contributed by atoms with Crippen molar-refractivity contribution in [3.63, 3.8) is 0 Å². The van der Waals surface area contributed by atoms with E-state index in [0.29, 0.717) is 6.42 Å². The molecule has 0 unspecified atom stereocenters. The first-order valence-electron chi connectivity index (χ1n) is 5.09. The molecule has 0 aliphatic rings. The van der Waals surface area contributed by atoms with Crippen LogP contribution in [0.1, 0.15) is 23.2 Å². The Morgan fingerprint density at radius 1 is 1.47 bits per heavy atom. The number of rotatable bonds is 6. The number of ether oxygens (including phenoxy) is 1. The first kappa shape index (κ1) is 11.7. The minimum absolute atomic E-state index is 0.171. The molecule has 0 saturated heterocycles. The third-order valence-corrected chi connectivity index (χ3v) is 2.22. The molecule has 82 valence electrons. The Kier molecular flexibility index (Phi) is 4.84. The van der Waals surface area contributed by atoms with Crippen LogP contribution in [0.15, 0.2) is 24.3 Å². The average molecular weight is 207 g/mol. The van der Waals surface area contributed by atoms with Gasteiger partial charge < -0.3 is 10.1 Å². The highest BCUT2D eigenvalue weighted by Gasteiger charge is 2.05. The fourth-order valence-corrected chi connectivity index (χ4v) is 1.37. The zero-order valence-electron chi connectivity index (χ0n) is 9.25. The lowest BCUT2D eigenvalue weighted by Gasteiger charge is -2.03. The van der Waals surface area contributed by atoms with Crippen molar-refractivity contribution in [2.75, 3.05) is 20.7 Å². The minimum Gasteiger partial charge on any atom is -0.497 e. The lowest BCUT2D eigenvalue weighted by molar-refractivity contribution is 0.0980. The van der Waals surface area contributed by atoms with E-state index in [9.17, 15) is 4.79 Å². The molecule has 3 heteroatoms. The van der Waals surface area contributed by atoms with Crippen molar-refractivity contribution in [3.8, 4) is 5.75 Å². The molecule has 0 aliphatic heterocycles. The van der Waals surface area contributed by atoms with Crippen molar-refractivity contribution in [3.05, 3.63) is 29.8 Å². The zero-order valence-corrected chi connectivity index (χ0v) is 9.25. The summed E-state index contributed by atoms with van der Waals surface area (Å²) >= 11 is 0. The van der Waals surface area contributed by atoms with Gasteiger partial charge in [0.1, 0.15) is 5.75 Å². The SMILES string of the molecule is CNCCCC(=O)c1cccc(OC)c1. The van der Waals surface area contributed by atoms with E-state index in [4.69, 9.17) is 4.74 Å². The molecule has 0 aromatic heterocycles. The monoisotopic (exact) mass is 207 g/mol. The Bertz CT molecular complexity index is 323. The van der Waals surface area contributed by atoms with E-state index in [1.165, 1.54) is 0 Å². The second kappa shape index (κ2) is 6.19. The number of hydrogen-bond acceptors (Lipinski definition) is 3. The van der Waals surface area contributed by atoms with Gasteiger partial charge in [-0.1, -0.05) is 12.1 Å². The molecule has 0 heterocycles. The predicted molar refractivity (Wildman–Crippen MR) is 60.5 cm³/mol. The van der Waals surface area contributed by atoms with Crippen LogP contribution >= 0.6 is 0 Å². The molecule has 1 aromatic carbocycles. The summed E-state index contributed by atoms with van der Waals surface area (Å²) in [6.45, 7) is 0.871. The van der Waals surface area contributed by atoms with Crippen molar-refractivity contribution in [2.45, 2.75) is 12.8 Å². The van der Waals surface area contributed by atoms with Crippen LogP contribution in [-0.2, 0) is 0 Å². The highest BCUT2D eigenvalue weighted by atomic mass is 16.5. The molecule has 0 amide bonds. The summed E-state index contributed by atoms with van der Waals surface area (Å²) in [4.78, 5) is 11.7. The van der Waals surface area contributed by atoms with Gasteiger partial charge in [-0.2, -0.15) is 0 Å². The van der Waals surface area contributed by atoms with E-state index in [2.05, 4.69) is 5.32 Å². The van der Waals surface area contributed by atoms with E-state index in [1.54, 1.807) is 13.2 Å². The molecule has 0 aliphatic carbocycles. The van der Waals surface area contributed by atoms with Gasteiger partial charge >= 0.3 is 0 Å². The van der Waals surface area contributed by atoms with Crippen LogP contribution < -0.4 is 10.1 Å². The molecule has 0 saturated carbocycles. The molecular formula is C12H17NO2. The molecule has 1 aromatic rings. The number of Topliss-reactive ketones (excluding diaryl/α,β-unsaturated/α-hetero) is 1. The molecule has 15 heavy (non-hydrogen) atoms. The average Bonchev–Trinajstić information content (AvgIpc) is 2.29. The van der Waals surface area contributed by atoms with Gasteiger partial charge in [0.15, 0.2) is 5.78 Å². The number of ketones is 1. The number of carbonyl (C=O) groups excluding carboxylic acids is 1. The van der Waals surface area contributed by atoms with Gasteiger partial charge in [0.2, 0.25) is 0 Å². The van der Waals surface area contributed by atoms with E-state index >= 15 is 0 Å².